The molecule has 2 heterocycles. The lowest BCUT2D eigenvalue weighted by Crippen LogP contribution is -2.39. The van der Waals surface area contributed by atoms with E-state index in [1.165, 1.54) is 0 Å². The molecule has 0 saturated heterocycles. The van der Waals surface area contributed by atoms with E-state index in [9.17, 15) is 4.79 Å². The monoisotopic (exact) mass is 331 g/mol. The summed E-state index contributed by atoms with van der Waals surface area (Å²) in [5.41, 5.74) is 2.75. The number of carbonyl (C=O) groups excluding carboxylic acids is 1. The van der Waals surface area contributed by atoms with Crippen molar-refractivity contribution in [3.63, 3.8) is 0 Å². The number of hydrogen-bond acceptors (Lipinski definition) is 4. The summed E-state index contributed by atoms with van der Waals surface area (Å²) in [4.78, 5) is 18.6. The van der Waals surface area contributed by atoms with E-state index in [1.807, 2.05) is 32.3 Å². The van der Waals surface area contributed by atoms with E-state index in [0.717, 1.165) is 23.2 Å². The van der Waals surface area contributed by atoms with Crippen LogP contribution in [0.3, 0.4) is 0 Å². The van der Waals surface area contributed by atoms with Crippen molar-refractivity contribution >= 4 is 6.03 Å². The Morgan fingerprint density at radius 3 is 2.83 bits per heavy atom. The van der Waals surface area contributed by atoms with Gasteiger partial charge in [0.15, 0.2) is 0 Å². The van der Waals surface area contributed by atoms with Gasteiger partial charge in [-0.2, -0.15) is 5.10 Å². The third-order valence-corrected chi connectivity index (χ3v) is 3.61. The molecule has 24 heavy (non-hydrogen) atoms. The quantitative estimate of drug-likeness (QED) is 0.844. The molecule has 0 radical (unpaired) electrons. The van der Waals surface area contributed by atoms with Gasteiger partial charge in [0.05, 0.1) is 19.9 Å². The molecule has 0 saturated carbocycles. The molecular formula is C17H25N5O2. The lowest BCUT2D eigenvalue weighted by molar-refractivity contribution is 0.194. The lowest BCUT2D eigenvalue weighted by Gasteiger charge is -2.22. The van der Waals surface area contributed by atoms with Crippen LogP contribution in [0.1, 0.15) is 30.2 Å². The van der Waals surface area contributed by atoms with E-state index < -0.39 is 0 Å². The molecule has 0 atom stereocenters. The third-order valence-electron chi connectivity index (χ3n) is 3.61. The van der Waals surface area contributed by atoms with Gasteiger partial charge in [-0.1, -0.05) is 13.0 Å². The highest BCUT2D eigenvalue weighted by molar-refractivity contribution is 5.74. The Balaban J connectivity index is 2.00. The number of nitrogens with zero attached hydrogens (tertiary/aromatic N) is 4. The normalized spacial score (nSPS) is 10.5. The predicted octanol–water partition coefficient (Wildman–Crippen LogP) is 2.25. The fourth-order valence-corrected chi connectivity index (χ4v) is 2.45. The van der Waals surface area contributed by atoms with Crippen molar-refractivity contribution in [1.82, 2.24) is 25.0 Å². The number of rotatable bonds is 7. The van der Waals surface area contributed by atoms with Crippen LogP contribution < -0.4 is 10.1 Å². The summed E-state index contributed by atoms with van der Waals surface area (Å²) in [5.74, 6) is 0.546. The minimum atomic E-state index is -0.108. The van der Waals surface area contributed by atoms with E-state index in [1.54, 1.807) is 22.9 Å². The first-order valence-corrected chi connectivity index (χ1v) is 8.04. The Morgan fingerprint density at radius 2 is 2.21 bits per heavy atom. The van der Waals surface area contributed by atoms with Crippen LogP contribution in [-0.4, -0.2) is 39.4 Å². The molecule has 0 aromatic carbocycles. The van der Waals surface area contributed by atoms with Crippen LogP contribution in [-0.2, 0) is 20.1 Å². The molecule has 2 aromatic heterocycles. The third kappa shape index (κ3) is 4.71. The highest BCUT2D eigenvalue weighted by Gasteiger charge is 2.15. The standard InChI is InChI=1S/C17H25N5O2/c1-5-8-22(12-14-9-19-21(3)11-14)17(23)18-10-15-7-6-13(2)20-16(15)24-4/h6-7,9,11H,5,8,10,12H2,1-4H3,(H,18,23). The first-order valence-electron chi connectivity index (χ1n) is 8.04. The summed E-state index contributed by atoms with van der Waals surface area (Å²) in [6.45, 7) is 5.56. The Kier molecular flexibility index (Phi) is 6.17. The van der Waals surface area contributed by atoms with E-state index in [-0.39, 0.29) is 6.03 Å². The van der Waals surface area contributed by atoms with Crippen LogP contribution in [0.4, 0.5) is 4.79 Å². The van der Waals surface area contributed by atoms with Gasteiger partial charge in [0.25, 0.3) is 0 Å². The second kappa shape index (κ2) is 8.33. The van der Waals surface area contributed by atoms with Gasteiger partial charge in [-0.25, -0.2) is 9.78 Å². The average Bonchev–Trinajstić information content (AvgIpc) is 2.98. The first-order chi connectivity index (χ1) is 11.5. The van der Waals surface area contributed by atoms with Crippen molar-refractivity contribution < 1.29 is 9.53 Å². The van der Waals surface area contributed by atoms with Crippen LogP contribution in [0, 0.1) is 6.92 Å². The van der Waals surface area contributed by atoms with Gasteiger partial charge in [0.2, 0.25) is 5.88 Å². The van der Waals surface area contributed by atoms with E-state index in [0.29, 0.717) is 25.5 Å². The van der Waals surface area contributed by atoms with Crippen molar-refractivity contribution in [2.75, 3.05) is 13.7 Å². The summed E-state index contributed by atoms with van der Waals surface area (Å²) in [7, 11) is 3.45. The Hall–Kier alpha value is -2.57. The highest BCUT2D eigenvalue weighted by atomic mass is 16.5. The van der Waals surface area contributed by atoms with Crippen molar-refractivity contribution in [3.05, 3.63) is 41.3 Å². The second-order valence-electron chi connectivity index (χ2n) is 5.72. The number of pyridine rings is 1. The van der Waals surface area contributed by atoms with Gasteiger partial charge in [-0.3, -0.25) is 4.68 Å². The number of ether oxygens (including phenoxy) is 1. The number of aryl methyl sites for hydroxylation is 2. The van der Waals surface area contributed by atoms with E-state index in [2.05, 4.69) is 22.3 Å². The summed E-state index contributed by atoms with van der Waals surface area (Å²) < 4.78 is 7.01. The maximum atomic E-state index is 12.5. The fourth-order valence-electron chi connectivity index (χ4n) is 2.45. The fraction of sp³-hybridized carbons (Fsp3) is 0.471. The zero-order valence-electron chi connectivity index (χ0n) is 14.7. The van der Waals surface area contributed by atoms with Gasteiger partial charge in [0.1, 0.15) is 0 Å². The number of carbonyl (C=O) groups is 1. The van der Waals surface area contributed by atoms with Crippen molar-refractivity contribution in [3.8, 4) is 5.88 Å². The average molecular weight is 331 g/mol. The summed E-state index contributed by atoms with van der Waals surface area (Å²) in [6, 6.07) is 3.72. The number of amides is 2. The Bertz CT molecular complexity index is 683. The van der Waals surface area contributed by atoms with Crippen LogP contribution in [0.5, 0.6) is 5.88 Å². The number of nitrogens with one attached hydrogen (secondary N) is 1. The van der Waals surface area contributed by atoms with E-state index >= 15 is 0 Å². The number of methoxy groups -OCH3 is 1. The zero-order chi connectivity index (χ0) is 17.5. The van der Waals surface area contributed by atoms with Crippen LogP contribution in [0.15, 0.2) is 24.5 Å². The maximum absolute atomic E-state index is 12.5. The Labute approximate surface area is 142 Å². The molecule has 0 aliphatic rings. The molecule has 0 bridgehead atoms. The molecular weight excluding hydrogens is 306 g/mol. The number of urea groups is 1. The van der Waals surface area contributed by atoms with Gasteiger partial charge < -0.3 is 15.0 Å². The number of hydrogen-bond donors (Lipinski definition) is 1. The first kappa shape index (κ1) is 17.8. The van der Waals surface area contributed by atoms with Gasteiger partial charge in [-0.15, -0.1) is 0 Å². The van der Waals surface area contributed by atoms with E-state index in [4.69, 9.17) is 4.74 Å². The molecule has 0 aliphatic carbocycles. The minimum absolute atomic E-state index is 0.108. The molecule has 2 rings (SSSR count). The zero-order valence-corrected chi connectivity index (χ0v) is 14.7. The van der Waals surface area contributed by atoms with Crippen molar-refractivity contribution in [1.29, 1.82) is 0 Å². The van der Waals surface area contributed by atoms with Gasteiger partial charge in [-0.05, 0) is 19.4 Å². The van der Waals surface area contributed by atoms with Gasteiger partial charge >= 0.3 is 6.03 Å². The van der Waals surface area contributed by atoms with Crippen molar-refractivity contribution in [2.45, 2.75) is 33.4 Å². The summed E-state index contributed by atoms with van der Waals surface area (Å²) in [6.07, 6.45) is 4.59. The predicted molar refractivity (Wildman–Crippen MR) is 91.7 cm³/mol. The molecule has 130 valence electrons. The Morgan fingerprint density at radius 1 is 1.42 bits per heavy atom. The number of aromatic nitrogens is 3. The second-order valence-corrected chi connectivity index (χ2v) is 5.72. The molecule has 1 N–H and O–H groups in total. The molecule has 0 unspecified atom stereocenters. The van der Waals surface area contributed by atoms with Crippen LogP contribution in [0.25, 0.3) is 0 Å². The minimum Gasteiger partial charge on any atom is -0.481 e. The molecule has 2 amide bonds. The SMILES string of the molecule is CCCN(Cc1cnn(C)c1)C(=O)NCc1ccc(C)nc1OC. The molecule has 0 fully saturated rings. The van der Waals surface area contributed by atoms with Crippen LogP contribution >= 0.6 is 0 Å². The molecule has 7 nitrogen and oxygen atoms in total. The lowest BCUT2D eigenvalue weighted by atomic mass is 10.2. The largest absolute Gasteiger partial charge is 0.481 e. The van der Waals surface area contributed by atoms with Crippen LogP contribution in [0.2, 0.25) is 0 Å². The van der Waals surface area contributed by atoms with Crippen molar-refractivity contribution in [2.24, 2.45) is 7.05 Å². The summed E-state index contributed by atoms with van der Waals surface area (Å²) >= 11 is 0. The maximum Gasteiger partial charge on any atom is 0.317 e. The molecule has 0 aliphatic heterocycles. The highest BCUT2D eigenvalue weighted by Crippen LogP contribution is 2.15. The molecule has 0 spiro atoms. The van der Waals surface area contributed by atoms with Gasteiger partial charge in [0, 0.05) is 43.2 Å². The molecule has 2 aromatic rings. The smallest absolute Gasteiger partial charge is 0.317 e. The summed E-state index contributed by atoms with van der Waals surface area (Å²) in [5, 5.41) is 7.09. The topological polar surface area (TPSA) is 72.3 Å². The molecule has 7 heteroatoms.